The molecule has 1 aromatic rings. The fraction of sp³-hybridized carbons (Fsp3) is 0.643. The molecule has 2 N–H and O–H groups in total. The van der Waals surface area contributed by atoms with Crippen LogP contribution in [0.15, 0.2) is 0 Å². The molecule has 1 heterocycles. The van der Waals surface area contributed by atoms with Gasteiger partial charge in [0.2, 0.25) is 5.88 Å². The normalized spacial score (nSPS) is 29.1. The summed E-state index contributed by atoms with van der Waals surface area (Å²) in [7, 11) is 0. The Balaban J connectivity index is 2.13. The van der Waals surface area contributed by atoms with Crippen molar-refractivity contribution in [2.24, 2.45) is 5.92 Å². The van der Waals surface area contributed by atoms with E-state index >= 15 is 0 Å². The number of fused-ring (bicyclic) bond motifs is 3. The third kappa shape index (κ3) is 1.71. The summed E-state index contributed by atoms with van der Waals surface area (Å²) in [5.41, 5.74) is 1.35. The highest BCUT2D eigenvalue weighted by Crippen LogP contribution is 2.54. The molecule has 5 heteroatoms. The maximum absolute atomic E-state index is 11.7. The van der Waals surface area contributed by atoms with Crippen LogP contribution in [0.1, 0.15) is 50.3 Å². The molecule has 3 rings (SSSR count). The minimum Gasteiger partial charge on any atom is -0.493 e. The van der Waals surface area contributed by atoms with E-state index in [1.165, 1.54) is 0 Å². The highest BCUT2D eigenvalue weighted by atomic mass is 16.3. The third-order valence-corrected chi connectivity index (χ3v) is 4.70. The van der Waals surface area contributed by atoms with E-state index < -0.39 is 0 Å². The molecule has 1 aromatic heterocycles. The van der Waals surface area contributed by atoms with Gasteiger partial charge in [-0.3, -0.25) is 4.79 Å². The monoisotopic (exact) mass is 262 g/mol. The Hall–Kier alpha value is -1.65. The molecule has 2 aliphatic rings. The largest absolute Gasteiger partial charge is 0.493 e. The first-order chi connectivity index (χ1) is 9.06. The van der Waals surface area contributed by atoms with E-state index in [0.29, 0.717) is 25.0 Å². The van der Waals surface area contributed by atoms with E-state index in [4.69, 9.17) is 0 Å². The lowest BCUT2D eigenvalue weighted by Crippen LogP contribution is -2.38. The predicted octanol–water partition coefficient (Wildman–Crippen LogP) is 1.85. The Kier molecular flexibility index (Phi) is 2.73. The Bertz CT molecular complexity index is 544. The lowest BCUT2D eigenvalue weighted by atomic mass is 9.65. The van der Waals surface area contributed by atoms with Crippen LogP contribution >= 0.6 is 0 Å². The van der Waals surface area contributed by atoms with Crippen molar-refractivity contribution >= 4 is 5.78 Å². The summed E-state index contributed by atoms with van der Waals surface area (Å²) in [5, 5.41) is 19.5. The summed E-state index contributed by atoms with van der Waals surface area (Å²) in [6.07, 6.45) is 4.47. The molecular weight excluding hydrogens is 244 g/mol. The minimum absolute atomic E-state index is 0.125. The van der Waals surface area contributed by atoms with Gasteiger partial charge < -0.3 is 10.2 Å². The molecule has 102 valence electrons. The topological polar surface area (TPSA) is 83.3 Å². The Labute approximate surface area is 111 Å². The van der Waals surface area contributed by atoms with Gasteiger partial charge in [-0.1, -0.05) is 13.3 Å². The van der Waals surface area contributed by atoms with Crippen LogP contribution in [0.5, 0.6) is 11.9 Å². The molecule has 1 saturated carbocycles. The zero-order valence-electron chi connectivity index (χ0n) is 11.0. The fourth-order valence-corrected chi connectivity index (χ4v) is 3.92. The van der Waals surface area contributed by atoms with Crippen molar-refractivity contribution in [1.29, 1.82) is 0 Å². The molecule has 0 spiro atoms. The summed E-state index contributed by atoms with van der Waals surface area (Å²) < 4.78 is 0. The van der Waals surface area contributed by atoms with Crippen LogP contribution in [-0.4, -0.2) is 26.0 Å². The molecule has 0 amide bonds. The lowest BCUT2D eigenvalue weighted by Gasteiger charge is -2.38. The highest BCUT2D eigenvalue weighted by molar-refractivity contribution is 5.80. The van der Waals surface area contributed by atoms with Gasteiger partial charge in [0, 0.05) is 23.8 Å². The molecule has 1 unspecified atom stereocenters. The number of aromatic nitrogens is 2. The van der Waals surface area contributed by atoms with E-state index in [9.17, 15) is 15.0 Å². The minimum atomic E-state index is -0.371. The van der Waals surface area contributed by atoms with Gasteiger partial charge in [0.25, 0.3) is 0 Å². The standard InChI is InChI=1S/C14H18N2O3/c1-2-4-14-5-3-9(17)6-8(14)7-10-11(14)15-13(19)16-12(10)18/h8H,2-7H2,1H3,(H2,15,16,18,19)/t8?,14-/m0/s1. The zero-order chi connectivity index (χ0) is 13.6. The quantitative estimate of drug-likeness (QED) is 0.849. The maximum Gasteiger partial charge on any atom is 0.317 e. The van der Waals surface area contributed by atoms with Crippen LogP contribution in [0, 0.1) is 5.92 Å². The predicted molar refractivity (Wildman–Crippen MR) is 68.0 cm³/mol. The van der Waals surface area contributed by atoms with Crippen molar-refractivity contribution in [3.05, 3.63) is 11.3 Å². The van der Waals surface area contributed by atoms with Crippen molar-refractivity contribution < 1.29 is 15.0 Å². The average molecular weight is 262 g/mol. The SMILES string of the molecule is CCC[C@]12CCC(=O)CC1Cc1c(O)nc(O)nc12. The van der Waals surface area contributed by atoms with E-state index in [2.05, 4.69) is 16.9 Å². The first-order valence-electron chi connectivity index (χ1n) is 6.88. The number of hydrogen-bond donors (Lipinski definition) is 2. The van der Waals surface area contributed by atoms with Crippen molar-refractivity contribution in [2.75, 3.05) is 0 Å². The van der Waals surface area contributed by atoms with Crippen molar-refractivity contribution in [2.45, 2.75) is 50.9 Å². The van der Waals surface area contributed by atoms with Gasteiger partial charge in [0.1, 0.15) is 5.78 Å². The number of hydrogen-bond acceptors (Lipinski definition) is 5. The van der Waals surface area contributed by atoms with Gasteiger partial charge >= 0.3 is 6.01 Å². The number of rotatable bonds is 2. The van der Waals surface area contributed by atoms with Gasteiger partial charge in [0.15, 0.2) is 0 Å². The van der Waals surface area contributed by atoms with Crippen LogP contribution < -0.4 is 0 Å². The van der Waals surface area contributed by atoms with Crippen molar-refractivity contribution in [3.8, 4) is 11.9 Å². The second kappa shape index (κ2) is 4.18. The molecule has 0 saturated heterocycles. The van der Waals surface area contributed by atoms with Gasteiger partial charge in [-0.2, -0.15) is 9.97 Å². The summed E-state index contributed by atoms with van der Waals surface area (Å²) in [6.45, 7) is 2.11. The molecule has 1 fully saturated rings. The van der Waals surface area contributed by atoms with Gasteiger partial charge in [-0.15, -0.1) is 0 Å². The second-order valence-electron chi connectivity index (χ2n) is 5.72. The molecule has 2 aliphatic carbocycles. The van der Waals surface area contributed by atoms with Crippen molar-refractivity contribution in [1.82, 2.24) is 9.97 Å². The summed E-state index contributed by atoms with van der Waals surface area (Å²) >= 11 is 0. The van der Waals surface area contributed by atoms with Crippen LogP contribution in [-0.2, 0) is 16.6 Å². The Morgan fingerprint density at radius 2 is 2.11 bits per heavy atom. The highest BCUT2D eigenvalue weighted by Gasteiger charge is 2.51. The Morgan fingerprint density at radius 1 is 1.32 bits per heavy atom. The van der Waals surface area contributed by atoms with E-state index in [1.54, 1.807) is 0 Å². The smallest absolute Gasteiger partial charge is 0.317 e. The van der Waals surface area contributed by atoms with Crippen LogP contribution in [0.4, 0.5) is 0 Å². The summed E-state index contributed by atoms with van der Waals surface area (Å²) in [5.74, 6) is 0.367. The fourth-order valence-electron chi connectivity index (χ4n) is 3.92. The van der Waals surface area contributed by atoms with Gasteiger partial charge in [-0.25, -0.2) is 0 Å². The van der Waals surface area contributed by atoms with Gasteiger partial charge in [0.05, 0.1) is 5.69 Å². The van der Waals surface area contributed by atoms with E-state index in [1.807, 2.05) is 0 Å². The van der Waals surface area contributed by atoms with Crippen LogP contribution in [0.3, 0.4) is 0 Å². The number of carbonyl (C=O) groups excluding carboxylic acids is 1. The van der Waals surface area contributed by atoms with E-state index in [0.717, 1.165) is 30.5 Å². The molecular formula is C14H18N2O3. The molecule has 0 aliphatic heterocycles. The number of Topliss-reactive ketones (excluding diaryl/α,β-unsaturated/α-hetero) is 1. The Morgan fingerprint density at radius 3 is 2.84 bits per heavy atom. The van der Waals surface area contributed by atoms with E-state index in [-0.39, 0.29) is 23.2 Å². The van der Waals surface area contributed by atoms with Crippen LogP contribution in [0.2, 0.25) is 0 Å². The number of aromatic hydroxyl groups is 2. The van der Waals surface area contributed by atoms with Crippen molar-refractivity contribution in [3.63, 3.8) is 0 Å². The summed E-state index contributed by atoms with van der Waals surface area (Å²) in [4.78, 5) is 19.5. The summed E-state index contributed by atoms with van der Waals surface area (Å²) in [6, 6.07) is -0.371. The van der Waals surface area contributed by atoms with Crippen LogP contribution in [0.25, 0.3) is 0 Å². The molecule has 0 radical (unpaired) electrons. The second-order valence-corrected chi connectivity index (χ2v) is 5.72. The lowest BCUT2D eigenvalue weighted by molar-refractivity contribution is -0.123. The molecule has 2 atom stereocenters. The first kappa shape index (κ1) is 12.4. The number of ketones is 1. The maximum atomic E-state index is 11.7. The number of carbonyl (C=O) groups is 1. The zero-order valence-corrected chi connectivity index (χ0v) is 11.0. The van der Waals surface area contributed by atoms with Gasteiger partial charge in [-0.05, 0) is 25.2 Å². The molecule has 19 heavy (non-hydrogen) atoms. The molecule has 5 nitrogen and oxygen atoms in total. The average Bonchev–Trinajstić information content (AvgIpc) is 2.65. The first-order valence-corrected chi connectivity index (χ1v) is 6.88. The third-order valence-electron chi connectivity index (χ3n) is 4.70. The molecule has 0 bridgehead atoms. The molecule has 0 aromatic carbocycles. The number of nitrogens with zero attached hydrogens (tertiary/aromatic N) is 2.